The molecule has 2 aromatic carbocycles. The second-order valence-corrected chi connectivity index (χ2v) is 6.89. The Morgan fingerprint density at radius 2 is 1.88 bits per heavy atom. The van der Waals surface area contributed by atoms with Gasteiger partial charge in [0.25, 0.3) is 0 Å². The lowest BCUT2D eigenvalue weighted by molar-refractivity contribution is -0.137. The first-order chi connectivity index (χ1) is 12.8. The third kappa shape index (κ3) is 2.65. The Labute approximate surface area is 151 Å². The first kappa shape index (κ1) is 15.5. The number of carbonyl (C=O) groups excluding carboxylic acids is 1. The highest BCUT2D eigenvalue weighted by Gasteiger charge is 2.32. The van der Waals surface area contributed by atoms with Gasteiger partial charge in [0.2, 0.25) is 0 Å². The SMILES string of the molecule is O=C1Oc2cc(N3CCNCC3)ccc2CC1c1cc2ccccc2o1. The molecule has 2 aliphatic heterocycles. The zero-order chi connectivity index (χ0) is 17.5. The lowest BCUT2D eigenvalue weighted by atomic mass is 9.93. The third-order valence-corrected chi connectivity index (χ3v) is 5.24. The topological polar surface area (TPSA) is 54.7 Å². The van der Waals surface area contributed by atoms with Gasteiger partial charge in [-0.2, -0.15) is 0 Å². The van der Waals surface area contributed by atoms with Gasteiger partial charge >= 0.3 is 5.97 Å². The van der Waals surface area contributed by atoms with Gasteiger partial charge in [-0.15, -0.1) is 0 Å². The molecule has 1 atom stereocenters. The molecule has 0 amide bonds. The number of hydrogen-bond donors (Lipinski definition) is 1. The number of esters is 1. The summed E-state index contributed by atoms with van der Waals surface area (Å²) in [6.07, 6.45) is 0.607. The van der Waals surface area contributed by atoms with Crippen LogP contribution in [0, 0.1) is 0 Å². The molecule has 132 valence electrons. The highest BCUT2D eigenvalue weighted by molar-refractivity contribution is 5.85. The number of anilines is 1. The Hall–Kier alpha value is -2.79. The molecule has 1 N–H and O–H groups in total. The summed E-state index contributed by atoms with van der Waals surface area (Å²) in [5.41, 5.74) is 2.96. The van der Waals surface area contributed by atoms with E-state index in [4.69, 9.17) is 9.15 Å². The van der Waals surface area contributed by atoms with Crippen LogP contribution in [0.15, 0.2) is 52.9 Å². The number of para-hydroxylation sites is 1. The smallest absolute Gasteiger partial charge is 0.322 e. The molecule has 1 fully saturated rings. The predicted octanol–water partition coefficient (Wildman–Crippen LogP) is 3.09. The van der Waals surface area contributed by atoms with Crippen LogP contribution in [0.5, 0.6) is 5.75 Å². The number of benzene rings is 2. The van der Waals surface area contributed by atoms with Crippen molar-refractivity contribution in [1.29, 1.82) is 0 Å². The number of nitrogens with one attached hydrogen (secondary N) is 1. The van der Waals surface area contributed by atoms with Crippen molar-refractivity contribution in [3.63, 3.8) is 0 Å². The summed E-state index contributed by atoms with van der Waals surface area (Å²) in [5, 5.41) is 4.36. The number of rotatable bonds is 2. The molecule has 1 unspecified atom stereocenters. The van der Waals surface area contributed by atoms with E-state index < -0.39 is 0 Å². The highest BCUT2D eigenvalue weighted by Crippen LogP contribution is 2.37. The lowest BCUT2D eigenvalue weighted by Crippen LogP contribution is -2.43. The van der Waals surface area contributed by atoms with E-state index in [1.54, 1.807) is 0 Å². The standard InChI is InChI=1S/C21H20N2O3/c24-21-17(20-12-14-3-1-2-4-18(14)25-20)11-15-5-6-16(13-19(15)26-21)23-9-7-22-8-10-23/h1-6,12-13,17,22H,7-11H2. The van der Waals surface area contributed by atoms with Crippen molar-refractivity contribution in [2.75, 3.05) is 31.1 Å². The van der Waals surface area contributed by atoms with E-state index in [0.717, 1.165) is 48.4 Å². The maximum Gasteiger partial charge on any atom is 0.322 e. The second kappa shape index (κ2) is 6.18. The number of hydrogen-bond acceptors (Lipinski definition) is 5. The normalized spacial score (nSPS) is 20.1. The molecule has 2 aliphatic rings. The fourth-order valence-electron chi connectivity index (χ4n) is 3.80. The van der Waals surface area contributed by atoms with Crippen LogP contribution in [0.2, 0.25) is 0 Å². The van der Waals surface area contributed by atoms with Crippen molar-refractivity contribution in [2.45, 2.75) is 12.3 Å². The van der Waals surface area contributed by atoms with Crippen LogP contribution < -0.4 is 15.0 Å². The van der Waals surface area contributed by atoms with E-state index in [0.29, 0.717) is 17.9 Å². The molecular formula is C21H20N2O3. The summed E-state index contributed by atoms with van der Waals surface area (Å²) in [6, 6.07) is 15.9. The molecule has 5 rings (SSSR count). The van der Waals surface area contributed by atoms with Crippen molar-refractivity contribution in [2.24, 2.45) is 0 Å². The molecule has 26 heavy (non-hydrogen) atoms. The summed E-state index contributed by atoms with van der Waals surface area (Å²) in [5.74, 6) is 0.723. The molecule has 0 aliphatic carbocycles. The van der Waals surface area contributed by atoms with Gasteiger partial charge in [0.15, 0.2) is 0 Å². The zero-order valence-electron chi connectivity index (χ0n) is 14.4. The fourth-order valence-corrected chi connectivity index (χ4v) is 3.80. The maximum atomic E-state index is 12.6. The average molecular weight is 348 g/mol. The van der Waals surface area contributed by atoms with Crippen LogP contribution >= 0.6 is 0 Å². The first-order valence-corrected chi connectivity index (χ1v) is 9.07. The van der Waals surface area contributed by atoms with Crippen molar-refractivity contribution < 1.29 is 13.9 Å². The van der Waals surface area contributed by atoms with E-state index in [-0.39, 0.29) is 11.9 Å². The molecule has 5 nitrogen and oxygen atoms in total. The summed E-state index contributed by atoms with van der Waals surface area (Å²) >= 11 is 0. The number of piperazine rings is 1. The van der Waals surface area contributed by atoms with Crippen LogP contribution in [0.3, 0.4) is 0 Å². The van der Waals surface area contributed by atoms with Gasteiger partial charge in [-0.1, -0.05) is 24.3 Å². The average Bonchev–Trinajstić information content (AvgIpc) is 3.11. The molecule has 0 spiro atoms. The minimum Gasteiger partial charge on any atom is -0.460 e. The molecule has 0 radical (unpaired) electrons. The van der Waals surface area contributed by atoms with Crippen molar-refractivity contribution in [3.8, 4) is 5.75 Å². The highest BCUT2D eigenvalue weighted by atomic mass is 16.5. The van der Waals surface area contributed by atoms with Crippen molar-refractivity contribution in [1.82, 2.24) is 5.32 Å². The van der Waals surface area contributed by atoms with E-state index >= 15 is 0 Å². The van der Waals surface area contributed by atoms with Crippen molar-refractivity contribution in [3.05, 3.63) is 59.9 Å². The Bertz CT molecular complexity index is 939. The summed E-state index contributed by atoms with van der Waals surface area (Å²) < 4.78 is 11.6. The molecular weight excluding hydrogens is 328 g/mol. The number of nitrogens with zero attached hydrogens (tertiary/aromatic N) is 1. The Morgan fingerprint density at radius 1 is 1.04 bits per heavy atom. The monoisotopic (exact) mass is 348 g/mol. The van der Waals surface area contributed by atoms with E-state index in [9.17, 15) is 4.79 Å². The van der Waals surface area contributed by atoms with Gasteiger partial charge < -0.3 is 19.4 Å². The Kier molecular flexibility index (Phi) is 3.68. The molecule has 1 aromatic heterocycles. The van der Waals surface area contributed by atoms with Crippen LogP contribution in [0.25, 0.3) is 11.0 Å². The lowest BCUT2D eigenvalue weighted by Gasteiger charge is -2.31. The van der Waals surface area contributed by atoms with E-state index in [1.807, 2.05) is 36.4 Å². The Balaban J connectivity index is 1.44. The molecule has 3 heterocycles. The molecule has 0 saturated carbocycles. The largest absolute Gasteiger partial charge is 0.460 e. The Morgan fingerprint density at radius 3 is 2.73 bits per heavy atom. The van der Waals surface area contributed by atoms with E-state index in [1.165, 1.54) is 0 Å². The van der Waals surface area contributed by atoms with E-state index in [2.05, 4.69) is 22.3 Å². The van der Waals surface area contributed by atoms with Gasteiger partial charge in [-0.05, 0) is 30.2 Å². The first-order valence-electron chi connectivity index (χ1n) is 9.07. The van der Waals surface area contributed by atoms with Crippen molar-refractivity contribution >= 4 is 22.6 Å². The number of furan rings is 1. The van der Waals surface area contributed by atoms with Crippen LogP contribution in [-0.4, -0.2) is 32.1 Å². The minimum absolute atomic E-state index is 0.242. The predicted molar refractivity (Wildman–Crippen MR) is 99.8 cm³/mol. The summed E-state index contributed by atoms with van der Waals surface area (Å²) in [7, 11) is 0. The quantitative estimate of drug-likeness (QED) is 0.570. The third-order valence-electron chi connectivity index (χ3n) is 5.24. The summed E-state index contributed by atoms with van der Waals surface area (Å²) in [4.78, 5) is 14.9. The number of carbonyl (C=O) groups is 1. The molecule has 3 aromatic rings. The van der Waals surface area contributed by atoms with Crippen LogP contribution in [-0.2, 0) is 11.2 Å². The number of fused-ring (bicyclic) bond motifs is 2. The summed E-state index contributed by atoms with van der Waals surface area (Å²) in [6.45, 7) is 3.89. The van der Waals surface area contributed by atoms with Gasteiger partial charge in [0.1, 0.15) is 23.0 Å². The van der Waals surface area contributed by atoms with Crippen LogP contribution in [0.4, 0.5) is 5.69 Å². The second-order valence-electron chi connectivity index (χ2n) is 6.89. The van der Waals surface area contributed by atoms with Crippen LogP contribution in [0.1, 0.15) is 17.2 Å². The fraction of sp³-hybridized carbons (Fsp3) is 0.286. The molecule has 0 bridgehead atoms. The molecule has 1 saturated heterocycles. The minimum atomic E-state index is -0.389. The maximum absolute atomic E-state index is 12.6. The van der Waals surface area contributed by atoms with Gasteiger partial charge in [0.05, 0.1) is 0 Å². The van der Waals surface area contributed by atoms with Gasteiger partial charge in [0, 0.05) is 43.3 Å². The zero-order valence-corrected chi connectivity index (χ0v) is 14.4. The van der Waals surface area contributed by atoms with Gasteiger partial charge in [-0.3, -0.25) is 4.79 Å². The number of ether oxygens (including phenoxy) is 1. The van der Waals surface area contributed by atoms with Gasteiger partial charge in [-0.25, -0.2) is 0 Å². The molecule has 5 heteroatoms.